The molecule has 1 atom stereocenters. The molecule has 3 heterocycles. The number of ether oxygens (including phenoxy) is 3. The van der Waals surface area contributed by atoms with Gasteiger partial charge in [-0.1, -0.05) is 91.2 Å². The summed E-state index contributed by atoms with van der Waals surface area (Å²) in [6, 6.07) is 44.1. The molecule has 6 aromatic rings. The molecule has 0 bridgehead atoms. The van der Waals surface area contributed by atoms with E-state index in [0.29, 0.717) is 61.7 Å². The van der Waals surface area contributed by atoms with Crippen LogP contribution in [0.25, 0.3) is 33.4 Å². The Morgan fingerprint density at radius 1 is 0.711 bits per heavy atom. The van der Waals surface area contributed by atoms with Crippen LogP contribution in [0.1, 0.15) is 93.6 Å². The molecule has 22 heteroatoms. The quantitative estimate of drug-likeness (QED) is 0.00913. The number of para-hydroxylation sites is 2. The number of aromatic nitrogens is 3. The van der Waals surface area contributed by atoms with Crippen LogP contribution in [-0.2, 0) is 36.7 Å². The van der Waals surface area contributed by atoms with Gasteiger partial charge >= 0.3 is 13.7 Å². The van der Waals surface area contributed by atoms with Crippen LogP contribution < -0.4 is 40.7 Å². The molecule has 1 aliphatic carbocycles. The first-order valence-electron chi connectivity index (χ1n) is 31.1. The number of amides is 3. The lowest BCUT2D eigenvalue weighted by molar-refractivity contribution is -0.132. The molecule has 0 saturated carbocycles. The second kappa shape index (κ2) is 32.4. The average Bonchev–Trinajstić information content (AvgIpc) is 0.919. The van der Waals surface area contributed by atoms with Crippen LogP contribution >= 0.6 is 7.60 Å². The number of nitrogens with zero attached hydrogens (tertiary/aromatic N) is 8. The highest BCUT2D eigenvalue weighted by Gasteiger charge is 2.43. The SMILES string of the molecule is CCN(CC)c1ccc2c(-c3ccccc3C(=O)N3CCN(C(=O)CCCCCCCn4cc(COCCOCCOC(=O)NC(c5ccc(N=C(N)N)cc5)P(=O)(Oc5ccccc5)Oc5ccccc5)nn4)CC3)c3ccc(=[N+](CC)CC)cc-3oc2c1. The molecule has 0 radical (unpaired) electrons. The fraction of sp³-hybridized carbons (Fsp3) is 0.368. The number of guanidine groups is 1. The molecule has 2 aliphatic heterocycles. The highest BCUT2D eigenvalue weighted by Crippen LogP contribution is 2.59. The molecule has 0 spiro atoms. The summed E-state index contributed by atoms with van der Waals surface area (Å²) in [4.78, 5) is 51.5. The fourth-order valence-electron chi connectivity index (χ4n) is 11.0. The van der Waals surface area contributed by atoms with Crippen LogP contribution in [0.15, 0.2) is 161 Å². The van der Waals surface area contributed by atoms with Crippen LogP contribution in [0, 0.1) is 0 Å². The van der Waals surface area contributed by atoms with Crippen molar-refractivity contribution in [1.82, 2.24) is 34.7 Å². The van der Waals surface area contributed by atoms with Crippen molar-refractivity contribution >= 4 is 53.8 Å². The van der Waals surface area contributed by atoms with E-state index in [4.69, 9.17) is 39.1 Å². The van der Waals surface area contributed by atoms with E-state index in [9.17, 15) is 18.9 Å². The zero-order chi connectivity index (χ0) is 63.2. The Morgan fingerprint density at radius 2 is 1.36 bits per heavy atom. The van der Waals surface area contributed by atoms with Crippen molar-refractivity contribution in [2.24, 2.45) is 16.5 Å². The summed E-state index contributed by atoms with van der Waals surface area (Å²) < 4.78 is 54.7. The molecule has 3 amide bonds. The lowest BCUT2D eigenvalue weighted by Crippen LogP contribution is -2.50. The van der Waals surface area contributed by atoms with E-state index >= 15 is 0 Å². The molecule has 90 heavy (non-hydrogen) atoms. The Bertz CT molecular complexity index is 3700. The van der Waals surface area contributed by atoms with Crippen molar-refractivity contribution in [2.75, 3.05) is 83.7 Å². The summed E-state index contributed by atoms with van der Waals surface area (Å²) in [5.74, 6) is -0.0860. The lowest BCUT2D eigenvalue weighted by atomic mass is 9.90. The minimum Gasteiger partial charge on any atom is -0.456 e. The van der Waals surface area contributed by atoms with Crippen LogP contribution in [0.3, 0.4) is 0 Å². The minimum atomic E-state index is -4.30. The first-order valence-corrected chi connectivity index (χ1v) is 32.7. The second-order valence-electron chi connectivity index (χ2n) is 21.7. The highest BCUT2D eigenvalue weighted by molar-refractivity contribution is 7.55. The predicted octanol–water partition coefficient (Wildman–Crippen LogP) is 11.0. The summed E-state index contributed by atoms with van der Waals surface area (Å²) >= 11 is 0. The van der Waals surface area contributed by atoms with Gasteiger partial charge in [0, 0.05) is 92.1 Å². The number of aliphatic imine (C=N–C) groups is 1. The fourth-order valence-corrected chi connectivity index (χ4v) is 12.9. The van der Waals surface area contributed by atoms with E-state index in [1.54, 1.807) is 84.9 Å². The Hall–Kier alpha value is -9.04. The second-order valence-corrected chi connectivity index (χ2v) is 23.7. The molecule has 1 saturated heterocycles. The third-order valence-electron chi connectivity index (χ3n) is 15.7. The van der Waals surface area contributed by atoms with Gasteiger partial charge in [-0.15, -0.1) is 5.10 Å². The lowest BCUT2D eigenvalue weighted by Gasteiger charge is -2.35. The van der Waals surface area contributed by atoms with Gasteiger partial charge in [0.1, 0.15) is 48.2 Å². The van der Waals surface area contributed by atoms with Gasteiger partial charge in [0.2, 0.25) is 11.3 Å². The number of alkyl carbamates (subject to hydrolysis) is 1. The number of unbranched alkanes of at least 4 members (excludes halogenated alkanes) is 4. The Labute approximate surface area is 526 Å². The maximum absolute atomic E-state index is 14.9. The standard InChI is InChI=1S/C68H82N11O10P/c1-5-75(6-2)53-33-35-59-61(46-53)87-62-47-54(76(7-3)8-4)34-36-60(62)64(59)57-26-19-20-27-58(57)66(81)78-40-38-77(39-41-78)63(80)28-18-10-9-11-21-37-79-48-52(73-74-79)49-85-43-42-84-44-45-86-68(82)72-65(50-29-31-51(32-30-50)71-67(69)70)90(83,88-55-22-14-12-15-23-55)89-56-24-16-13-17-25-56/h12-17,19-20,22-27,29-36,46-48,65H,5-11,18,21,28,37-45,49H2,1-4H3,(H4-,69,70,71,72,82)/p+1. The summed E-state index contributed by atoms with van der Waals surface area (Å²) in [5.41, 5.74) is 17.9. The van der Waals surface area contributed by atoms with E-state index in [2.05, 4.69) is 94.2 Å². The molecule has 1 fully saturated rings. The van der Waals surface area contributed by atoms with Crippen LogP contribution in [-0.4, -0.2) is 127 Å². The molecule has 5 N–H and O–H groups in total. The molecule has 1 unspecified atom stereocenters. The number of hydrogen-bond donors (Lipinski definition) is 3. The number of rotatable bonds is 31. The summed E-state index contributed by atoms with van der Waals surface area (Å²) in [6.07, 6.45) is 6.13. The van der Waals surface area contributed by atoms with Crippen LogP contribution in [0.5, 0.6) is 11.5 Å². The minimum absolute atomic E-state index is 0.0425. The number of aryl methyl sites for hydroxylation is 1. The molecule has 5 aromatic carbocycles. The molecule has 474 valence electrons. The smallest absolute Gasteiger partial charge is 0.456 e. The largest absolute Gasteiger partial charge is 0.457 e. The third kappa shape index (κ3) is 17.4. The first kappa shape index (κ1) is 65.4. The zero-order valence-corrected chi connectivity index (χ0v) is 52.8. The van der Waals surface area contributed by atoms with E-state index in [0.717, 1.165) is 103 Å². The number of fused-ring (bicyclic) bond motifs is 2. The van der Waals surface area contributed by atoms with E-state index < -0.39 is 19.5 Å². The summed E-state index contributed by atoms with van der Waals surface area (Å²) in [6.45, 7) is 15.4. The van der Waals surface area contributed by atoms with Crippen molar-refractivity contribution in [2.45, 2.75) is 85.2 Å². The van der Waals surface area contributed by atoms with E-state index in [1.807, 2.05) is 44.9 Å². The monoisotopic (exact) mass is 1240 g/mol. The molecule has 3 aliphatic rings. The van der Waals surface area contributed by atoms with Gasteiger partial charge in [-0.05, 0) is 112 Å². The van der Waals surface area contributed by atoms with E-state index in [1.165, 1.54) is 0 Å². The molecule has 21 nitrogen and oxygen atoms in total. The van der Waals surface area contributed by atoms with Gasteiger partial charge < -0.3 is 59.2 Å². The predicted molar refractivity (Wildman–Crippen MR) is 350 cm³/mol. The number of piperazine rings is 1. The molecular formula is C68H83N11O10P+. The van der Waals surface area contributed by atoms with Crippen LogP contribution in [0.2, 0.25) is 0 Å². The normalized spacial score (nSPS) is 12.8. The number of carbonyl (C=O) groups excluding carboxylic acids is 3. The maximum Gasteiger partial charge on any atom is 0.457 e. The Kier molecular flexibility index (Phi) is 23.6. The maximum atomic E-state index is 14.9. The summed E-state index contributed by atoms with van der Waals surface area (Å²) in [5, 5.41) is 13.2. The Balaban J connectivity index is 0.668. The van der Waals surface area contributed by atoms with Gasteiger partial charge in [0.25, 0.3) is 5.91 Å². The van der Waals surface area contributed by atoms with E-state index in [-0.39, 0.29) is 62.3 Å². The van der Waals surface area contributed by atoms with Gasteiger partial charge in [0.15, 0.2) is 11.7 Å². The van der Waals surface area contributed by atoms with Crippen molar-refractivity contribution in [3.8, 4) is 33.9 Å². The van der Waals surface area contributed by atoms with Gasteiger partial charge in [-0.25, -0.2) is 18.9 Å². The van der Waals surface area contributed by atoms with Crippen molar-refractivity contribution in [1.29, 1.82) is 0 Å². The molecular weight excluding hydrogens is 1160 g/mol. The molecule has 1 aromatic heterocycles. The number of nitrogens with one attached hydrogen (secondary N) is 1. The first-order chi connectivity index (χ1) is 43.9. The van der Waals surface area contributed by atoms with Gasteiger partial charge in [0.05, 0.1) is 44.4 Å². The summed E-state index contributed by atoms with van der Waals surface area (Å²) in [7, 11) is -4.30. The van der Waals surface area contributed by atoms with Crippen molar-refractivity contribution < 1.29 is 46.6 Å². The van der Waals surface area contributed by atoms with Crippen molar-refractivity contribution in [3.63, 3.8) is 0 Å². The van der Waals surface area contributed by atoms with Gasteiger partial charge in [-0.3, -0.25) is 14.3 Å². The third-order valence-corrected chi connectivity index (χ3v) is 17.7. The number of benzene rings is 6. The zero-order valence-electron chi connectivity index (χ0n) is 51.9. The number of hydrogen-bond acceptors (Lipinski definition) is 14. The topological polar surface area (TPSA) is 247 Å². The van der Waals surface area contributed by atoms with Crippen LogP contribution in [0.4, 0.5) is 16.2 Å². The van der Waals surface area contributed by atoms with Crippen molar-refractivity contribution in [3.05, 3.63) is 174 Å². The molecule has 9 rings (SSSR count). The highest BCUT2D eigenvalue weighted by atomic mass is 31.2. The Morgan fingerprint density at radius 3 is 2.04 bits per heavy atom. The number of carbonyl (C=O) groups is 3. The average molecular weight is 1250 g/mol. The number of anilines is 1. The van der Waals surface area contributed by atoms with Gasteiger partial charge in [-0.2, -0.15) is 0 Å². The number of nitrogens with two attached hydrogens (primary N) is 2.